The molecule has 3 heterocycles. The molecule has 2 aromatic carbocycles. The highest BCUT2D eigenvalue weighted by molar-refractivity contribution is 5.91. The number of carbonyl (C=O) groups excluding carboxylic acids is 2. The number of rotatable bonds is 6. The third-order valence-corrected chi connectivity index (χ3v) is 9.46. The Morgan fingerprint density at radius 1 is 1.05 bits per heavy atom. The number of ether oxygens (including phenoxy) is 4. The number of piperidine rings is 1. The van der Waals surface area contributed by atoms with Crippen molar-refractivity contribution in [1.29, 1.82) is 0 Å². The zero-order chi connectivity index (χ0) is 28.8. The summed E-state index contributed by atoms with van der Waals surface area (Å²) in [6, 6.07) is 13.7. The largest absolute Gasteiger partial charge is 0.497 e. The molecular weight excluding hydrogens is 522 g/mol. The molecule has 1 saturated carbocycles. The van der Waals surface area contributed by atoms with Gasteiger partial charge in [0.15, 0.2) is 0 Å². The SMILES string of the molecule is COC(=O)[C@H]1[C@H]2C[C@H]3c4[nH]c5cc(OC)ccc5c4CCN3C[C@@H]2C[C@@H](OC(=O)c2cccc(N(C)C)c2)[C@H]1OC. The molecule has 6 rings (SSSR count). The molecule has 9 nitrogen and oxygen atoms in total. The van der Waals surface area contributed by atoms with Gasteiger partial charge in [0.05, 0.1) is 31.7 Å². The minimum Gasteiger partial charge on any atom is -0.497 e. The highest BCUT2D eigenvalue weighted by atomic mass is 16.6. The maximum Gasteiger partial charge on any atom is 0.338 e. The number of aromatic nitrogens is 1. The van der Waals surface area contributed by atoms with Crippen molar-refractivity contribution in [3.8, 4) is 5.75 Å². The van der Waals surface area contributed by atoms with Crippen molar-refractivity contribution in [2.45, 2.75) is 37.5 Å². The van der Waals surface area contributed by atoms with Gasteiger partial charge in [-0.3, -0.25) is 9.69 Å². The molecular formula is C32H39N3O6. The van der Waals surface area contributed by atoms with Crippen LogP contribution < -0.4 is 9.64 Å². The van der Waals surface area contributed by atoms with Gasteiger partial charge in [-0.25, -0.2) is 4.79 Å². The van der Waals surface area contributed by atoms with Crippen LogP contribution in [0.2, 0.25) is 0 Å². The van der Waals surface area contributed by atoms with E-state index < -0.39 is 24.1 Å². The van der Waals surface area contributed by atoms with Crippen LogP contribution in [0.1, 0.15) is 40.5 Å². The van der Waals surface area contributed by atoms with E-state index in [1.54, 1.807) is 20.3 Å². The molecule has 1 aromatic heterocycles. The summed E-state index contributed by atoms with van der Waals surface area (Å²) in [4.78, 5) is 34.8. The first kappa shape index (κ1) is 27.6. The molecule has 0 amide bonds. The molecule has 3 aromatic rings. The number of methoxy groups -OCH3 is 3. The number of anilines is 1. The van der Waals surface area contributed by atoms with E-state index in [-0.39, 0.29) is 23.8 Å². The number of H-pyrrole nitrogens is 1. The van der Waals surface area contributed by atoms with Crippen LogP contribution >= 0.6 is 0 Å². The van der Waals surface area contributed by atoms with Crippen LogP contribution in [-0.2, 0) is 25.4 Å². The number of aromatic amines is 1. The minimum atomic E-state index is -0.591. The van der Waals surface area contributed by atoms with E-state index in [4.69, 9.17) is 18.9 Å². The first-order valence-corrected chi connectivity index (χ1v) is 14.3. The van der Waals surface area contributed by atoms with Gasteiger partial charge in [-0.2, -0.15) is 0 Å². The molecule has 218 valence electrons. The van der Waals surface area contributed by atoms with Crippen LogP contribution in [0, 0.1) is 17.8 Å². The number of carbonyl (C=O) groups is 2. The van der Waals surface area contributed by atoms with Crippen LogP contribution in [0.15, 0.2) is 42.5 Å². The van der Waals surface area contributed by atoms with Gasteiger partial charge in [0.2, 0.25) is 0 Å². The van der Waals surface area contributed by atoms with Crippen LogP contribution in [0.3, 0.4) is 0 Å². The van der Waals surface area contributed by atoms with Crippen molar-refractivity contribution < 1.29 is 28.5 Å². The molecule has 0 unspecified atom stereocenters. The molecule has 41 heavy (non-hydrogen) atoms. The second-order valence-corrected chi connectivity index (χ2v) is 11.7. The number of esters is 2. The summed E-state index contributed by atoms with van der Waals surface area (Å²) in [5.74, 6) is -0.231. The monoisotopic (exact) mass is 561 g/mol. The summed E-state index contributed by atoms with van der Waals surface area (Å²) < 4.78 is 22.8. The van der Waals surface area contributed by atoms with E-state index in [0.717, 1.165) is 42.9 Å². The maximum atomic E-state index is 13.3. The van der Waals surface area contributed by atoms with Gasteiger partial charge in [-0.05, 0) is 67.0 Å². The van der Waals surface area contributed by atoms with Gasteiger partial charge in [0.25, 0.3) is 0 Å². The third kappa shape index (κ3) is 4.85. The van der Waals surface area contributed by atoms with Crippen LogP contribution in [-0.4, -0.2) is 82.5 Å². The van der Waals surface area contributed by atoms with Crippen molar-refractivity contribution >= 4 is 28.5 Å². The minimum absolute atomic E-state index is 0.0348. The van der Waals surface area contributed by atoms with Gasteiger partial charge in [0.1, 0.15) is 18.0 Å². The van der Waals surface area contributed by atoms with Gasteiger partial charge in [-0.1, -0.05) is 6.07 Å². The van der Waals surface area contributed by atoms with E-state index in [1.165, 1.54) is 23.8 Å². The Morgan fingerprint density at radius 2 is 1.88 bits per heavy atom. The lowest BCUT2D eigenvalue weighted by atomic mass is 9.63. The van der Waals surface area contributed by atoms with Crippen molar-refractivity contribution in [2.75, 3.05) is 53.4 Å². The molecule has 2 aliphatic heterocycles. The fourth-order valence-corrected chi connectivity index (χ4v) is 7.47. The van der Waals surface area contributed by atoms with Gasteiger partial charge in [0, 0.05) is 62.6 Å². The quantitative estimate of drug-likeness (QED) is 0.448. The first-order chi connectivity index (χ1) is 19.8. The highest BCUT2D eigenvalue weighted by Crippen LogP contribution is 2.50. The summed E-state index contributed by atoms with van der Waals surface area (Å²) in [5, 5.41) is 1.23. The van der Waals surface area contributed by atoms with E-state index in [1.807, 2.05) is 43.3 Å². The van der Waals surface area contributed by atoms with Crippen LogP contribution in [0.25, 0.3) is 10.9 Å². The summed E-state index contributed by atoms with van der Waals surface area (Å²) in [5.41, 5.74) is 5.04. The van der Waals surface area contributed by atoms with E-state index in [0.29, 0.717) is 12.0 Å². The van der Waals surface area contributed by atoms with Crippen LogP contribution in [0.5, 0.6) is 5.75 Å². The summed E-state index contributed by atoms with van der Waals surface area (Å²) in [6.45, 7) is 1.76. The van der Waals surface area contributed by atoms with Crippen molar-refractivity contribution in [3.63, 3.8) is 0 Å². The fourth-order valence-electron chi connectivity index (χ4n) is 7.47. The second kappa shape index (κ2) is 11.0. The number of hydrogen-bond acceptors (Lipinski definition) is 8. The summed E-state index contributed by atoms with van der Waals surface area (Å²) in [6.07, 6.45) is 1.24. The molecule has 3 aliphatic rings. The molecule has 0 spiro atoms. The zero-order valence-electron chi connectivity index (χ0n) is 24.4. The molecule has 9 heteroatoms. The predicted molar refractivity (Wildman–Crippen MR) is 155 cm³/mol. The number of benzene rings is 2. The Labute approximate surface area is 240 Å². The van der Waals surface area contributed by atoms with Crippen LogP contribution in [0.4, 0.5) is 5.69 Å². The highest BCUT2D eigenvalue weighted by Gasteiger charge is 2.54. The molecule has 6 atom stereocenters. The predicted octanol–water partition coefficient (Wildman–Crippen LogP) is 4.21. The number of nitrogens with one attached hydrogen (secondary N) is 1. The van der Waals surface area contributed by atoms with Gasteiger partial charge in [-0.15, -0.1) is 0 Å². The summed E-state index contributed by atoms with van der Waals surface area (Å²) in [7, 11) is 8.56. The lowest BCUT2D eigenvalue weighted by molar-refractivity contribution is -0.176. The lowest BCUT2D eigenvalue weighted by Crippen LogP contribution is -2.58. The molecule has 1 aliphatic carbocycles. The van der Waals surface area contributed by atoms with Crippen molar-refractivity contribution in [1.82, 2.24) is 9.88 Å². The van der Waals surface area contributed by atoms with Gasteiger partial charge >= 0.3 is 11.9 Å². The fraction of sp³-hybridized carbons (Fsp3) is 0.500. The Morgan fingerprint density at radius 3 is 2.61 bits per heavy atom. The zero-order valence-corrected chi connectivity index (χ0v) is 24.4. The van der Waals surface area contributed by atoms with Crippen molar-refractivity contribution in [3.05, 3.63) is 59.3 Å². The van der Waals surface area contributed by atoms with Gasteiger partial charge < -0.3 is 28.8 Å². The average molecular weight is 562 g/mol. The smallest absolute Gasteiger partial charge is 0.338 e. The van der Waals surface area contributed by atoms with E-state index >= 15 is 0 Å². The third-order valence-electron chi connectivity index (χ3n) is 9.46. The molecule has 1 N–H and O–H groups in total. The molecule has 0 bridgehead atoms. The average Bonchev–Trinajstić information content (AvgIpc) is 3.37. The first-order valence-electron chi connectivity index (χ1n) is 14.3. The summed E-state index contributed by atoms with van der Waals surface area (Å²) >= 11 is 0. The number of nitrogens with zero attached hydrogens (tertiary/aromatic N) is 2. The Balaban J connectivity index is 1.29. The second-order valence-electron chi connectivity index (χ2n) is 11.7. The van der Waals surface area contributed by atoms with E-state index in [2.05, 4.69) is 22.0 Å². The normalized spacial score (nSPS) is 27.3. The maximum absolute atomic E-state index is 13.3. The Hall–Kier alpha value is -3.56. The van der Waals surface area contributed by atoms with E-state index in [9.17, 15) is 9.59 Å². The standard InChI is InChI=1S/C32H39N3O6/c1-34(2)20-8-6-7-18(13-20)31(36)41-27-14-19-17-35-12-11-23-22-10-9-21(38-3)15-25(22)33-29(23)26(35)16-24(19)28(30(27)39-4)32(37)40-5/h6-10,13,15,19,24,26-28,30,33H,11-12,14,16-17H2,1-5H3/t19-,24-,26-,27+,28-,30+/m0/s1. The number of fused-ring (bicyclic) bond motifs is 6. The molecule has 2 fully saturated rings. The van der Waals surface area contributed by atoms with Crippen molar-refractivity contribution in [2.24, 2.45) is 17.8 Å². The Kier molecular flexibility index (Phi) is 7.42. The Bertz CT molecular complexity index is 1450. The molecule has 1 saturated heterocycles. The molecule has 0 radical (unpaired) electrons. The topological polar surface area (TPSA) is 93.3 Å². The lowest BCUT2D eigenvalue weighted by Gasteiger charge is -2.52. The number of hydrogen-bond donors (Lipinski definition) is 1.